The summed E-state index contributed by atoms with van der Waals surface area (Å²) in [5.41, 5.74) is 1.49. The van der Waals surface area contributed by atoms with Crippen LogP contribution in [0.2, 0.25) is 0 Å². The number of nitrogens with one attached hydrogen (secondary N) is 1. The Hall–Kier alpha value is -1.62. The molecule has 0 unspecified atom stereocenters. The van der Waals surface area contributed by atoms with Gasteiger partial charge in [0.1, 0.15) is 5.69 Å². The summed E-state index contributed by atoms with van der Waals surface area (Å²) in [6.07, 6.45) is 4.77. The molecule has 0 spiro atoms. The first-order chi connectivity index (χ1) is 10.2. The minimum atomic E-state index is 0.0333. The minimum Gasteiger partial charge on any atom is -0.385 e. The summed E-state index contributed by atoms with van der Waals surface area (Å²) in [5.74, 6) is 0.607. The predicted molar refractivity (Wildman–Crippen MR) is 83.5 cm³/mol. The normalized spacial score (nSPS) is 16.0. The highest BCUT2D eigenvalue weighted by Crippen LogP contribution is 2.19. The maximum Gasteiger partial charge on any atom is 0.272 e. The Morgan fingerprint density at radius 2 is 2.24 bits per heavy atom. The van der Waals surface area contributed by atoms with Crippen LogP contribution in [0, 0.1) is 5.92 Å². The number of methoxy groups -OCH3 is 1. The summed E-state index contributed by atoms with van der Waals surface area (Å²) in [6.45, 7) is 5.39. The summed E-state index contributed by atoms with van der Waals surface area (Å²) >= 11 is 0. The van der Waals surface area contributed by atoms with E-state index in [0.717, 1.165) is 51.2 Å². The third-order valence-electron chi connectivity index (χ3n) is 3.86. The molecule has 1 aromatic heterocycles. The van der Waals surface area contributed by atoms with Crippen molar-refractivity contribution >= 4 is 11.6 Å². The topological polar surface area (TPSA) is 54.5 Å². The Kier molecular flexibility index (Phi) is 5.99. The number of amides is 1. The second-order valence-electron chi connectivity index (χ2n) is 5.55. The highest BCUT2D eigenvalue weighted by Gasteiger charge is 2.24. The number of ether oxygens (including phenoxy) is 1. The average molecular weight is 291 g/mol. The molecule has 1 aliphatic rings. The van der Waals surface area contributed by atoms with Crippen LogP contribution in [0.4, 0.5) is 5.69 Å². The van der Waals surface area contributed by atoms with Crippen LogP contribution in [-0.4, -0.2) is 49.1 Å². The molecule has 1 amide bonds. The molecule has 5 nitrogen and oxygen atoms in total. The van der Waals surface area contributed by atoms with Gasteiger partial charge in [0.2, 0.25) is 0 Å². The number of aromatic nitrogens is 1. The van der Waals surface area contributed by atoms with Crippen molar-refractivity contribution in [3.8, 4) is 0 Å². The monoisotopic (exact) mass is 291 g/mol. The van der Waals surface area contributed by atoms with E-state index in [-0.39, 0.29) is 5.91 Å². The van der Waals surface area contributed by atoms with Crippen LogP contribution in [0.15, 0.2) is 18.3 Å². The lowest BCUT2D eigenvalue weighted by molar-refractivity contribution is 0.0608. The lowest BCUT2D eigenvalue weighted by Crippen LogP contribution is -2.39. The predicted octanol–water partition coefficient (Wildman–Crippen LogP) is 2.40. The maximum atomic E-state index is 12.5. The molecule has 5 heteroatoms. The molecule has 0 aliphatic carbocycles. The van der Waals surface area contributed by atoms with Crippen LogP contribution in [0.5, 0.6) is 0 Å². The number of hydrogen-bond donors (Lipinski definition) is 1. The van der Waals surface area contributed by atoms with Gasteiger partial charge in [0.05, 0.1) is 0 Å². The summed E-state index contributed by atoms with van der Waals surface area (Å²) in [6, 6.07) is 3.75. The molecule has 1 saturated heterocycles. The van der Waals surface area contributed by atoms with Gasteiger partial charge in [-0.1, -0.05) is 6.92 Å². The van der Waals surface area contributed by atoms with Crippen LogP contribution in [0.3, 0.4) is 0 Å². The number of carbonyl (C=O) groups is 1. The Morgan fingerprint density at radius 1 is 1.48 bits per heavy atom. The first-order valence-corrected chi connectivity index (χ1v) is 7.72. The summed E-state index contributed by atoms with van der Waals surface area (Å²) in [4.78, 5) is 18.6. The van der Waals surface area contributed by atoms with Crippen LogP contribution >= 0.6 is 0 Å². The highest BCUT2D eigenvalue weighted by molar-refractivity contribution is 5.93. The summed E-state index contributed by atoms with van der Waals surface area (Å²) in [7, 11) is 1.73. The Morgan fingerprint density at radius 3 is 2.90 bits per heavy atom. The molecule has 2 rings (SSSR count). The lowest BCUT2D eigenvalue weighted by atomic mass is 9.97. The lowest BCUT2D eigenvalue weighted by Gasteiger charge is -2.31. The molecule has 0 atom stereocenters. The molecule has 1 aliphatic heterocycles. The molecule has 2 heterocycles. The zero-order valence-electron chi connectivity index (χ0n) is 13.0. The van der Waals surface area contributed by atoms with Crippen LogP contribution in [0.1, 0.15) is 36.7 Å². The van der Waals surface area contributed by atoms with Gasteiger partial charge in [0, 0.05) is 45.2 Å². The fraction of sp³-hybridized carbons (Fsp3) is 0.625. The molecule has 1 aromatic rings. The van der Waals surface area contributed by atoms with Gasteiger partial charge in [-0.25, -0.2) is 0 Å². The molecule has 1 N–H and O–H groups in total. The molecular weight excluding hydrogens is 266 g/mol. The molecule has 21 heavy (non-hydrogen) atoms. The van der Waals surface area contributed by atoms with E-state index in [4.69, 9.17) is 4.74 Å². The van der Waals surface area contributed by atoms with Gasteiger partial charge in [0.25, 0.3) is 5.91 Å². The third kappa shape index (κ3) is 4.43. The Labute approximate surface area is 126 Å². The van der Waals surface area contributed by atoms with E-state index in [9.17, 15) is 4.79 Å². The van der Waals surface area contributed by atoms with Crippen molar-refractivity contribution < 1.29 is 9.53 Å². The first-order valence-electron chi connectivity index (χ1n) is 7.72. The largest absolute Gasteiger partial charge is 0.385 e. The number of likely N-dealkylation sites (tertiary alicyclic amines) is 1. The maximum absolute atomic E-state index is 12.5. The molecule has 0 bridgehead atoms. The molecule has 0 radical (unpaired) electrons. The third-order valence-corrected chi connectivity index (χ3v) is 3.86. The fourth-order valence-electron chi connectivity index (χ4n) is 2.63. The molecule has 116 valence electrons. The number of piperidine rings is 1. The van der Waals surface area contributed by atoms with Crippen molar-refractivity contribution in [1.82, 2.24) is 9.88 Å². The van der Waals surface area contributed by atoms with Crippen molar-refractivity contribution in [3.63, 3.8) is 0 Å². The van der Waals surface area contributed by atoms with Crippen molar-refractivity contribution in [2.24, 2.45) is 5.92 Å². The number of rotatable bonds is 6. The van der Waals surface area contributed by atoms with Gasteiger partial charge in [0.15, 0.2) is 0 Å². The minimum absolute atomic E-state index is 0.0333. The smallest absolute Gasteiger partial charge is 0.272 e. The zero-order chi connectivity index (χ0) is 15.1. The van der Waals surface area contributed by atoms with E-state index in [1.807, 2.05) is 17.0 Å². The van der Waals surface area contributed by atoms with E-state index >= 15 is 0 Å². The zero-order valence-corrected chi connectivity index (χ0v) is 13.0. The molecule has 0 saturated carbocycles. The van der Waals surface area contributed by atoms with Gasteiger partial charge < -0.3 is 15.0 Å². The number of anilines is 1. The standard InChI is InChI=1S/C16H25N3O2/c1-3-7-17-14-4-8-18-15(11-14)16(20)19-9-5-13(6-10-19)12-21-2/h4,8,11,13H,3,5-7,9-10,12H2,1-2H3,(H,17,18). The second-order valence-corrected chi connectivity index (χ2v) is 5.55. The van der Waals surface area contributed by atoms with E-state index < -0.39 is 0 Å². The quantitative estimate of drug-likeness (QED) is 0.874. The van der Waals surface area contributed by atoms with Gasteiger partial charge in [-0.3, -0.25) is 9.78 Å². The summed E-state index contributed by atoms with van der Waals surface area (Å²) < 4.78 is 5.19. The van der Waals surface area contributed by atoms with Gasteiger partial charge in [-0.2, -0.15) is 0 Å². The number of hydrogen-bond acceptors (Lipinski definition) is 4. The van der Waals surface area contributed by atoms with Crippen molar-refractivity contribution in [1.29, 1.82) is 0 Å². The van der Waals surface area contributed by atoms with E-state index in [2.05, 4.69) is 17.2 Å². The highest BCUT2D eigenvalue weighted by atomic mass is 16.5. The van der Waals surface area contributed by atoms with E-state index in [1.165, 1.54) is 0 Å². The van der Waals surface area contributed by atoms with Crippen LogP contribution in [-0.2, 0) is 4.74 Å². The van der Waals surface area contributed by atoms with Gasteiger partial charge in [-0.05, 0) is 37.3 Å². The fourth-order valence-corrected chi connectivity index (χ4v) is 2.63. The van der Waals surface area contributed by atoms with Crippen LogP contribution in [0.25, 0.3) is 0 Å². The second kappa shape index (κ2) is 7.98. The summed E-state index contributed by atoms with van der Waals surface area (Å²) in [5, 5.41) is 3.29. The number of pyridine rings is 1. The SMILES string of the molecule is CCCNc1ccnc(C(=O)N2CCC(COC)CC2)c1. The first kappa shape index (κ1) is 15.8. The Balaban J connectivity index is 1.94. The molecular formula is C16H25N3O2. The van der Waals surface area contributed by atoms with Crippen molar-refractivity contribution in [2.45, 2.75) is 26.2 Å². The van der Waals surface area contributed by atoms with E-state index in [0.29, 0.717) is 11.6 Å². The van der Waals surface area contributed by atoms with Crippen molar-refractivity contribution in [2.75, 3.05) is 38.7 Å². The number of carbonyl (C=O) groups excluding carboxylic acids is 1. The Bertz CT molecular complexity index is 457. The van der Waals surface area contributed by atoms with E-state index in [1.54, 1.807) is 13.3 Å². The number of nitrogens with zero attached hydrogens (tertiary/aromatic N) is 2. The van der Waals surface area contributed by atoms with Gasteiger partial charge in [-0.15, -0.1) is 0 Å². The van der Waals surface area contributed by atoms with Crippen molar-refractivity contribution in [3.05, 3.63) is 24.0 Å². The molecule has 1 fully saturated rings. The van der Waals surface area contributed by atoms with Gasteiger partial charge >= 0.3 is 0 Å². The average Bonchev–Trinajstić information content (AvgIpc) is 2.53. The molecule has 0 aromatic carbocycles. The van der Waals surface area contributed by atoms with Crippen LogP contribution < -0.4 is 5.32 Å².